The van der Waals surface area contributed by atoms with E-state index in [2.05, 4.69) is 15.3 Å². The number of likely N-dealkylation sites (tertiary alicyclic amines) is 1. The first-order chi connectivity index (χ1) is 11.3. The molecule has 2 heterocycles. The summed E-state index contributed by atoms with van der Waals surface area (Å²) in [5, 5.41) is 7.44. The molecule has 0 bridgehead atoms. The largest absolute Gasteiger partial charge is 0.375 e. The summed E-state index contributed by atoms with van der Waals surface area (Å²) in [6, 6.07) is 0.0238. The van der Waals surface area contributed by atoms with Gasteiger partial charge in [0, 0.05) is 38.4 Å². The zero-order valence-corrected chi connectivity index (χ0v) is 15.3. The summed E-state index contributed by atoms with van der Waals surface area (Å²) in [5.41, 5.74) is 2.19. The van der Waals surface area contributed by atoms with Crippen LogP contribution < -0.4 is 5.32 Å². The molecule has 0 unspecified atom stereocenters. The van der Waals surface area contributed by atoms with E-state index < -0.39 is 0 Å². The van der Waals surface area contributed by atoms with Crippen LogP contribution in [0.15, 0.2) is 0 Å². The summed E-state index contributed by atoms with van der Waals surface area (Å²) < 4.78 is 7.45. The van der Waals surface area contributed by atoms with Crippen molar-refractivity contribution in [3.63, 3.8) is 0 Å². The molecule has 1 aliphatic heterocycles. The monoisotopic (exact) mass is 336 g/mol. The van der Waals surface area contributed by atoms with Crippen LogP contribution in [0.1, 0.15) is 42.0 Å². The summed E-state index contributed by atoms with van der Waals surface area (Å²) in [6.45, 7) is 9.93. The van der Waals surface area contributed by atoms with E-state index in [1.54, 1.807) is 11.6 Å². The summed E-state index contributed by atoms with van der Waals surface area (Å²) in [6.07, 6.45) is 0.375. The van der Waals surface area contributed by atoms with Crippen molar-refractivity contribution in [2.24, 2.45) is 0 Å². The van der Waals surface area contributed by atoms with E-state index >= 15 is 0 Å². The van der Waals surface area contributed by atoms with Gasteiger partial charge in [0.1, 0.15) is 0 Å². The molecule has 0 saturated carbocycles. The van der Waals surface area contributed by atoms with Crippen molar-refractivity contribution in [3.05, 3.63) is 17.0 Å². The van der Waals surface area contributed by atoms with Crippen LogP contribution in [0.2, 0.25) is 0 Å². The fraction of sp³-hybridized carbons (Fsp3) is 0.706. The smallest absolute Gasteiger partial charge is 0.222 e. The summed E-state index contributed by atoms with van der Waals surface area (Å²) in [7, 11) is 2.03. The molecule has 134 valence electrons. The number of Topliss-reactive ketones (excluding diaryl/α,β-unsaturated/α-hetero) is 1. The van der Waals surface area contributed by atoms with Crippen molar-refractivity contribution in [3.8, 4) is 0 Å². The zero-order chi connectivity index (χ0) is 17.9. The van der Waals surface area contributed by atoms with Crippen molar-refractivity contribution in [2.75, 3.05) is 26.7 Å². The summed E-state index contributed by atoms with van der Waals surface area (Å²) in [5.74, 6) is -0.00817. The highest BCUT2D eigenvalue weighted by molar-refractivity contribution is 5.96. The number of aromatic nitrogens is 2. The number of aryl methyl sites for hydroxylation is 2. The Morgan fingerprint density at radius 1 is 1.33 bits per heavy atom. The fourth-order valence-corrected chi connectivity index (χ4v) is 3.39. The first-order valence-corrected chi connectivity index (χ1v) is 8.47. The molecule has 1 N–H and O–H groups in total. The fourth-order valence-electron chi connectivity index (χ4n) is 3.39. The number of amides is 1. The highest BCUT2D eigenvalue weighted by Gasteiger charge is 2.32. The second-order valence-corrected chi connectivity index (χ2v) is 6.46. The second kappa shape index (κ2) is 7.90. The quantitative estimate of drug-likeness (QED) is 0.750. The van der Waals surface area contributed by atoms with E-state index in [4.69, 9.17) is 4.74 Å². The lowest BCUT2D eigenvalue weighted by Gasteiger charge is -2.19. The van der Waals surface area contributed by atoms with Crippen LogP contribution in [-0.2, 0) is 16.1 Å². The number of hydrogen-bond donors (Lipinski definition) is 1. The average molecular weight is 336 g/mol. The number of rotatable bonds is 7. The normalized spacial score (nSPS) is 21.2. The molecule has 24 heavy (non-hydrogen) atoms. The van der Waals surface area contributed by atoms with Crippen LogP contribution >= 0.6 is 0 Å². The Hall–Kier alpha value is -1.73. The number of likely N-dealkylation sites (N-methyl/N-ethyl adjacent to an activating group) is 1. The van der Waals surface area contributed by atoms with Gasteiger partial charge in [0.2, 0.25) is 5.91 Å². The lowest BCUT2D eigenvalue weighted by Crippen LogP contribution is -2.44. The van der Waals surface area contributed by atoms with Crippen LogP contribution in [0.4, 0.5) is 0 Å². The van der Waals surface area contributed by atoms with Crippen LogP contribution in [0.3, 0.4) is 0 Å². The molecule has 1 aromatic rings. The van der Waals surface area contributed by atoms with E-state index in [-0.39, 0.29) is 23.8 Å². The Balaban J connectivity index is 1.92. The van der Waals surface area contributed by atoms with Gasteiger partial charge in [0.25, 0.3) is 0 Å². The maximum absolute atomic E-state index is 12.3. The third kappa shape index (κ3) is 4.21. The zero-order valence-electron chi connectivity index (χ0n) is 15.3. The minimum atomic E-state index is -0.0167. The van der Waals surface area contributed by atoms with Gasteiger partial charge >= 0.3 is 0 Å². The van der Waals surface area contributed by atoms with Gasteiger partial charge in [-0.3, -0.25) is 14.3 Å². The number of nitrogens with zero attached hydrogens (tertiary/aromatic N) is 3. The molecule has 1 fully saturated rings. The molecule has 0 aliphatic carbocycles. The van der Waals surface area contributed by atoms with Gasteiger partial charge in [-0.1, -0.05) is 0 Å². The van der Waals surface area contributed by atoms with Gasteiger partial charge in [-0.2, -0.15) is 5.10 Å². The Morgan fingerprint density at radius 3 is 2.62 bits per heavy atom. The average Bonchev–Trinajstić information content (AvgIpc) is 2.97. The standard InChI is InChI=1S/C17H28N4O3/c1-6-24-15-10-20(5)9-14(15)18-16(23)7-8-21-12(3)17(13(4)22)11(2)19-21/h14-15H,6-10H2,1-5H3,(H,18,23)/t14-,15-/m1/s1. The van der Waals surface area contributed by atoms with Gasteiger partial charge in [-0.25, -0.2) is 0 Å². The molecule has 0 spiro atoms. The predicted octanol–water partition coefficient (Wildman–Crippen LogP) is 0.928. The molecule has 0 aromatic carbocycles. The van der Waals surface area contributed by atoms with E-state index in [0.717, 1.165) is 18.8 Å². The minimum absolute atomic E-state index is 0.00857. The van der Waals surface area contributed by atoms with Crippen LogP contribution in [0.25, 0.3) is 0 Å². The SMILES string of the molecule is CCO[C@@H]1CN(C)C[C@H]1NC(=O)CCn1nc(C)c(C(C)=O)c1C. The van der Waals surface area contributed by atoms with E-state index in [0.29, 0.717) is 30.8 Å². The first-order valence-electron chi connectivity index (χ1n) is 8.47. The highest BCUT2D eigenvalue weighted by Crippen LogP contribution is 2.15. The number of ether oxygens (including phenoxy) is 1. The van der Waals surface area contributed by atoms with Gasteiger partial charge in [0.05, 0.1) is 23.4 Å². The van der Waals surface area contributed by atoms with Crippen LogP contribution in [0.5, 0.6) is 0 Å². The van der Waals surface area contributed by atoms with Crippen molar-refractivity contribution < 1.29 is 14.3 Å². The molecule has 2 atom stereocenters. The van der Waals surface area contributed by atoms with Crippen LogP contribution in [0, 0.1) is 13.8 Å². The lowest BCUT2D eigenvalue weighted by atomic mass is 10.1. The van der Waals surface area contributed by atoms with E-state index in [1.807, 2.05) is 27.8 Å². The Kier molecular flexibility index (Phi) is 6.12. The van der Waals surface area contributed by atoms with Crippen molar-refractivity contribution in [2.45, 2.75) is 52.8 Å². The number of hydrogen-bond acceptors (Lipinski definition) is 5. The molecule has 0 radical (unpaired) electrons. The van der Waals surface area contributed by atoms with Crippen molar-refractivity contribution in [1.29, 1.82) is 0 Å². The van der Waals surface area contributed by atoms with E-state index in [9.17, 15) is 9.59 Å². The van der Waals surface area contributed by atoms with Crippen LogP contribution in [-0.4, -0.2) is 65.3 Å². The molecule has 1 amide bonds. The molecule has 7 nitrogen and oxygen atoms in total. The van der Waals surface area contributed by atoms with Gasteiger partial charge < -0.3 is 15.0 Å². The van der Waals surface area contributed by atoms with Gasteiger partial charge in [-0.05, 0) is 34.7 Å². The lowest BCUT2D eigenvalue weighted by molar-refractivity contribution is -0.122. The molecular weight excluding hydrogens is 308 g/mol. The molecule has 1 aromatic heterocycles. The second-order valence-electron chi connectivity index (χ2n) is 6.46. The molecule has 1 aliphatic rings. The Bertz CT molecular complexity index is 611. The molecular formula is C17H28N4O3. The topological polar surface area (TPSA) is 76.5 Å². The summed E-state index contributed by atoms with van der Waals surface area (Å²) in [4.78, 5) is 26.1. The Morgan fingerprint density at radius 2 is 2.04 bits per heavy atom. The van der Waals surface area contributed by atoms with E-state index in [1.165, 1.54) is 0 Å². The van der Waals surface area contributed by atoms with Gasteiger partial charge in [-0.15, -0.1) is 0 Å². The van der Waals surface area contributed by atoms with Crippen molar-refractivity contribution >= 4 is 11.7 Å². The number of carbonyl (C=O) groups excluding carboxylic acids is 2. The Labute approximate surface area is 143 Å². The minimum Gasteiger partial charge on any atom is -0.375 e. The van der Waals surface area contributed by atoms with Crippen molar-refractivity contribution in [1.82, 2.24) is 20.0 Å². The summed E-state index contributed by atoms with van der Waals surface area (Å²) >= 11 is 0. The number of nitrogens with one attached hydrogen (secondary N) is 1. The maximum atomic E-state index is 12.3. The number of carbonyl (C=O) groups is 2. The van der Waals surface area contributed by atoms with Gasteiger partial charge in [0.15, 0.2) is 5.78 Å². The molecule has 2 rings (SSSR count). The third-order valence-electron chi connectivity index (χ3n) is 4.46. The maximum Gasteiger partial charge on any atom is 0.222 e. The third-order valence-corrected chi connectivity index (χ3v) is 4.46. The number of ketones is 1. The predicted molar refractivity (Wildman–Crippen MR) is 91.2 cm³/mol. The molecule has 7 heteroatoms. The molecule has 1 saturated heterocycles. The first kappa shape index (κ1) is 18.6. The highest BCUT2D eigenvalue weighted by atomic mass is 16.5.